The number of hydrogen-bond donors (Lipinski definition) is 1. The van der Waals surface area contributed by atoms with Crippen LogP contribution in [-0.2, 0) is 26.2 Å². The molecule has 0 radical (unpaired) electrons. The van der Waals surface area contributed by atoms with E-state index in [1.54, 1.807) is 30.3 Å². The molecule has 0 saturated heterocycles. The zero-order valence-electron chi connectivity index (χ0n) is 26.0. The van der Waals surface area contributed by atoms with Crippen molar-refractivity contribution in [2.45, 2.75) is 75.9 Å². The van der Waals surface area contributed by atoms with Crippen LogP contribution in [0.1, 0.15) is 56.6 Å². The van der Waals surface area contributed by atoms with Gasteiger partial charge in [0.25, 0.3) is 10.0 Å². The number of aryl methyl sites for hydroxylation is 1. The molecule has 1 N–H and O–H groups in total. The Bertz CT molecular complexity index is 1520. The lowest BCUT2D eigenvalue weighted by atomic mass is 9.95. The Morgan fingerprint density at radius 3 is 2.30 bits per heavy atom. The molecular weight excluding hydrogens is 578 g/mol. The van der Waals surface area contributed by atoms with Gasteiger partial charge in [-0.15, -0.1) is 0 Å². The van der Waals surface area contributed by atoms with Gasteiger partial charge in [0.2, 0.25) is 11.8 Å². The average molecular weight is 622 g/mol. The highest BCUT2D eigenvalue weighted by molar-refractivity contribution is 7.92. The fourth-order valence-electron chi connectivity index (χ4n) is 5.70. The molecule has 3 aromatic carbocycles. The summed E-state index contributed by atoms with van der Waals surface area (Å²) in [6.45, 7) is 3.42. The van der Waals surface area contributed by atoms with Gasteiger partial charge >= 0.3 is 0 Å². The molecule has 9 nitrogen and oxygen atoms in total. The highest BCUT2D eigenvalue weighted by atomic mass is 32.2. The van der Waals surface area contributed by atoms with Crippen LogP contribution in [0, 0.1) is 6.92 Å². The Labute approximate surface area is 261 Å². The van der Waals surface area contributed by atoms with Gasteiger partial charge in [-0.2, -0.15) is 0 Å². The summed E-state index contributed by atoms with van der Waals surface area (Å²) in [4.78, 5) is 29.7. The fraction of sp³-hybridized carbons (Fsp3) is 0.412. The first kappa shape index (κ1) is 32.9. The molecule has 236 valence electrons. The Balaban J connectivity index is 1.76. The van der Waals surface area contributed by atoms with Gasteiger partial charge in [0.15, 0.2) is 0 Å². The van der Waals surface area contributed by atoms with Crippen molar-refractivity contribution in [1.82, 2.24) is 10.2 Å². The van der Waals surface area contributed by atoms with E-state index in [2.05, 4.69) is 5.32 Å². The molecule has 10 heteroatoms. The van der Waals surface area contributed by atoms with Crippen LogP contribution in [0.3, 0.4) is 0 Å². The average Bonchev–Trinajstić information content (AvgIpc) is 3.04. The van der Waals surface area contributed by atoms with Crippen LogP contribution in [0.5, 0.6) is 11.5 Å². The Morgan fingerprint density at radius 2 is 1.66 bits per heavy atom. The summed E-state index contributed by atoms with van der Waals surface area (Å²) in [5.41, 5.74) is 2.02. The number of carbonyl (C=O) groups excluding carboxylic acids is 2. The van der Waals surface area contributed by atoms with Gasteiger partial charge in [-0.05, 0) is 56.0 Å². The Kier molecular flexibility index (Phi) is 11.3. The number of rotatable bonds is 13. The molecule has 1 unspecified atom stereocenters. The molecule has 44 heavy (non-hydrogen) atoms. The minimum Gasteiger partial charge on any atom is -0.497 e. The van der Waals surface area contributed by atoms with Crippen molar-refractivity contribution in [3.63, 3.8) is 0 Å². The molecule has 0 aromatic heterocycles. The molecule has 0 bridgehead atoms. The second kappa shape index (κ2) is 15.1. The van der Waals surface area contributed by atoms with Crippen LogP contribution in [0.25, 0.3) is 0 Å². The van der Waals surface area contributed by atoms with Crippen molar-refractivity contribution in [2.75, 3.05) is 25.1 Å². The maximum absolute atomic E-state index is 14.4. The van der Waals surface area contributed by atoms with Gasteiger partial charge in [-0.1, -0.05) is 74.2 Å². The van der Waals surface area contributed by atoms with E-state index in [9.17, 15) is 18.0 Å². The summed E-state index contributed by atoms with van der Waals surface area (Å²) < 4.78 is 40.3. The fourth-order valence-corrected chi connectivity index (χ4v) is 7.13. The summed E-state index contributed by atoms with van der Waals surface area (Å²) in [6, 6.07) is 19.8. The van der Waals surface area contributed by atoms with E-state index in [0.717, 1.165) is 47.5 Å². The molecule has 1 atom stereocenters. The number of ether oxygens (including phenoxy) is 2. The maximum Gasteiger partial charge on any atom is 0.264 e. The zero-order valence-corrected chi connectivity index (χ0v) is 26.8. The molecule has 1 aliphatic rings. The highest BCUT2D eigenvalue weighted by Gasteiger charge is 2.35. The minimum atomic E-state index is -4.25. The van der Waals surface area contributed by atoms with Gasteiger partial charge in [-0.25, -0.2) is 8.42 Å². The van der Waals surface area contributed by atoms with Crippen LogP contribution >= 0.6 is 0 Å². The van der Waals surface area contributed by atoms with E-state index in [-0.39, 0.29) is 34.8 Å². The molecule has 1 aliphatic carbocycles. The number of carbonyl (C=O) groups is 2. The number of amides is 2. The van der Waals surface area contributed by atoms with Crippen LogP contribution in [-0.4, -0.2) is 58.0 Å². The number of benzene rings is 3. The molecular formula is C34H43N3O6S. The summed E-state index contributed by atoms with van der Waals surface area (Å²) in [7, 11) is -1.33. The lowest BCUT2D eigenvalue weighted by Crippen LogP contribution is -2.54. The predicted molar refractivity (Wildman–Crippen MR) is 171 cm³/mol. The second-order valence-electron chi connectivity index (χ2n) is 11.1. The largest absolute Gasteiger partial charge is 0.497 e. The number of methoxy groups -OCH3 is 2. The Morgan fingerprint density at radius 1 is 0.932 bits per heavy atom. The minimum absolute atomic E-state index is 0.0185. The standard InChI is InChI=1S/C34H43N3O6S/c1-5-30(34(39)35-27-15-8-6-9-16-27)36(23-26-14-12-13-25(2)21-26)33(38)24-37(44(40,41)29-17-10-7-11-18-29)31-22-28(42-3)19-20-32(31)43-4/h7,10-14,17-22,27,30H,5-6,8-9,15-16,23-24H2,1-4H3,(H,35,39). The first-order valence-electron chi connectivity index (χ1n) is 15.1. The van der Waals surface area contributed by atoms with Crippen molar-refractivity contribution in [3.8, 4) is 11.5 Å². The van der Waals surface area contributed by atoms with E-state index >= 15 is 0 Å². The molecule has 2 amide bonds. The topological polar surface area (TPSA) is 105 Å². The third-order valence-corrected chi connectivity index (χ3v) is 9.81. The van der Waals surface area contributed by atoms with Gasteiger partial charge in [0.1, 0.15) is 24.1 Å². The monoisotopic (exact) mass is 621 g/mol. The SMILES string of the molecule is CCC(C(=O)NC1CCCCC1)N(Cc1cccc(C)c1)C(=O)CN(c1cc(OC)ccc1OC)S(=O)(=O)c1ccccc1. The lowest BCUT2D eigenvalue weighted by molar-refractivity contribution is -0.140. The van der Waals surface area contributed by atoms with Crippen molar-refractivity contribution in [1.29, 1.82) is 0 Å². The summed E-state index contributed by atoms with van der Waals surface area (Å²) >= 11 is 0. The zero-order chi connectivity index (χ0) is 31.7. The van der Waals surface area contributed by atoms with E-state index in [4.69, 9.17) is 9.47 Å². The third-order valence-electron chi connectivity index (χ3n) is 8.04. The first-order valence-corrected chi connectivity index (χ1v) is 16.6. The molecule has 4 rings (SSSR count). The number of sulfonamides is 1. The molecule has 0 spiro atoms. The molecule has 1 fully saturated rings. The number of nitrogens with zero attached hydrogens (tertiary/aromatic N) is 2. The van der Waals surface area contributed by atoms with E-state index in [1.807, 2.05) is 38.1 Å². The molecule has 0 aliphatic heterocycles. The van der Waals surface area contributed by atoms with Gasteiger partial charge in [-0.3, -0.25) is 13.9 Å². The molecule has 0 heterocycles. The first-order chi connectivity index (χ1) is 21.2. The number of nitrogens with one attached hydrogen (secondary N) is 1. The van der Waals surface area contributed by atoms with Crippen LogP contribution < -0.4 is 19.1 Å². The smallest absolute Gasteiger partial charge is 0.264 e. The predicted octanol–water partition coefficient (Wildman–Crippen LogP) is 5.46. The van der Waals surface area contributed by atoms with Gasteiger partial charge in [0, 0.05) is 18.7 Å². The van der Waals surface area contributed by atoms with Gasteiger partial charge < -0.3 is 19.7 Å². The number of hydrogen-bond acceptors (Lipinski definition) is 6. The quantitative estimate of drug-likeness (QED) is 0.272. The molecule has 3 aromatic rings. The lowest BCUT2D eigenvalue weighted by Gasteiger charge is -2.34. The van der Waals surface area contributed by atoms with Gasteiger partial charge in [0.05, 0.1) is 24.8 Å². The highest BCUT2D eigenvalue weighted by Crippen LogP contribution is 2.36. The van der Waals surface area contributed by atoms with E-state index in [1.165, 1.54) is 37.3 Å². The van der Waals surface area contributed by atoms with Crippen molar-refractivity contribution in [3.05, 3.63) is 83.9 Å². The van der Waals surface area contributed by atoms with Crippen molar-refractivity contribution in [2.24, 2.45) is 0 Å². The van der Waals surface area contributed by atoms with Crippen molar-refractivity contribution >= 4 is 27.5 Å². The summed E-state index contributed by atoms with van der Waals surface area (Å²) in [5, 5.41) is 3.18. The van der Waals surface area contributed by atoms with Crippen LogP contribution in [0.15, 0.2) is 77.7 Å². The maximum atomic E-state index is 14.4. The third kappa shape index (κ3) is 7.91. The van der Waals surface area contributed by atoms with Crippen LogP contribution in [0.4, 0.5) is 5.69 Å². The summed E-state index contributed by atoms with van der Waals surface area (Å²) in [6.07, 6.45) is 5.45. The van der Waals surface area contributed by atoms with E-state index < -0.39 is 28.5 Å². The van der Waals surface area contributed by atoms with Crippen molar-refractivity contribution < 1.29 is 27.5 Å². The summed E-state index contributed by atoms with van der Waals surface area (Å²) in [5.74, 6) is -0.0831. The second-order valence-corrected chi connectivity index (χ2v) is 13.0. The van der Waals surface area contributed by atoms with E-state index in [0.29, 0.717) is 12.2 Å². The number of anilines is 1. The van der Waals surface area contributed by atoms with Crippen LogP contribution in [0.2, 0.25) is 0 Å². The Hall–Kier alpha value is -4.05. The normalized spacial score (nSPS) is 14.4. The molecule has 1 saturated carbocycles.